The highest BCUT2D eigenvalue weighted by Crippen LogP contribution is 2.35. The van der Waals surface area contributed by atoms with Gasteiger partial charge in [0, 0.05) is 20.7 Å². The SMILES string of the molecule is OC(CSc1ccc(Br)cc1)c1cccc2c1OCCC2. The molecule has 4 heteroatoms. The van der Waals surface area contributed by atoms with Crippen molar-refractivity contribution in [2.75, 3.05) is 12.4 Å². The molecule has 2 nitrogen and oxygen atoms in total. The molecule has 1 N–H and O–H groups in total. The van der Waals surface area contributed by atoms with Crippen molar-refractivity contribution in [3.63, 3.8) is 0 Å². The van der Waals surface area contributed by atoms with Gasteiger partial charge in [-0.05, 0) is 42.7 Å². The quantitative estimate of drug-likeness (QED) is 0.803. The van der Waals surface area contributed by atoms with Crippen LogP contribution in [-0.4, -0.2) is 17.5 Å². The number of hydrogen-bond acceptors (Lipinski definition) is 3. The first kappa shape index (κ1) is 14.9. The van der Waals surface area contributed by atoms with Crippen LogP contribution < -0.4 is 4.74 Å². The highest BCUT2D eigenvalue weighted by atomic mass is 79.9. The lowest BCUT2D eigenvalue weighted by Gasteiger charge is -2.22. The highest BCUT2D eigenvalue weighted by Gasteiger charge is 2.19. The first-order chi connectivity index (χ1) is 10.2. The second kappa shape index (κ2) is 6.86. The monoisotopic (exact) mass is 364 g/mol. The summed E-state index contributed by atoms with van der Waals surface area (Å²) in [6, 6.07) is 14.2. The van der Waals surface area contributed by atoms with Crippen molar-refractivity contribution in [1.29, 1.82) is 0 Å². The van der Waals surface area contributed by atoms with Gasteiger partial charge in [-0.2, -0.15) is 0 Å². The van der Waals surface area contributed by atoms with Crippen LogP contribution in [0.1, 0.15) is 23.7 Å². The van der Waals surface area contributed by atoms with Gasteiger partial charge in [-0.1, -0.05) is 34.1 Å². The molecule has 3 rings (SSSR count). The number of benzene rings is 2. The maximum absolute atomic E-state index is 10.5. The molecule has 1 aliphatic heterocycles. The van der Waals surface area contributed by atoms with E-state index in [9.17, 15) is 5.11 Å². The van der Waals surface area contributed by atoms with Crippen LogP contribution >= 0.6 is 27.7 Å². The summed E-state index contributed by atoms with van der Waals surface area (Å²) < 4.78 is 6.84. The fourth-order valence-corrected chi connectivity index (χ4v) is 3.60. The lowest BCUT2D eigenvalue weighted by molar-refractivity contribution is 0.192. The minimum absolute atomic E-state index is 0.508. The van der Waals surface area contributed by atoms with Crippen LogP contribution in [0.25, 0.3) is 0 Å². The van der Waals surface area contributed by atoms with Crippen LogP contribution in [0.15, 0.2) is 51.8 Å². The highest BCUT2D eigenvalue weighted by molar-refractivity contribution is 9.10. The summed E-state index contributed by atoms with van der Waals surface area (Å²) in [6.07, 6.45) is 1.59. The van der Waals surface area contributed by atoms with Crippen molar-refractivity contribution < 1.29 is 9.84 Å². The number of fused-ring (bicyclic) bond motifs is 1. The number of ether oxygens (including phenoxy) is 1. The number of aliphatic hydroxyl groups excluding tert-OH is 1. The van der Waals surface area contributed by atoms with E-state index in [1.807, 2.05) is 24.3 Å². The molecule has 110 valence electrons. The normalized spacial score (nSPS) is 15.1. The van der Waals surface area contributed by atoms with E-state index >= 15 is 0 Å². The first-order valence-corrected chi connectivity index (χ1v) is 8.83. The number of aryl methyl sites for hydroxylation is 1. The van der Waals surface area contributed by atoms with E-state index in [0.717, 1.165) is 40.1 Å². The Morgan fingerprint density at radius 2 is 2.00 bits per heavy atom. The minimum Gasteiger partial charge on any atom is -0.493 e. The van der Waals surface area contributed by atoms with Crippen LogP contribution in [0.3, 0.4) is 0 Å². The van der Waals surface area contributed by atoms with Crippen LogP contribution in [-0.2, 0) is 6.42 Å². The molecule has 1 aliphatic rings. The Balaban J connectivity index is 1.70. The van der Waals surface area contributed by atoms with Gasteiger partial charge in [-0.25, -0.2) is 0 Å². The van der Waals surface area contributed by atoms with Gasteiger partial charge in [0.2, 0.25) is 0 Å². The number of hydrogen-bond donors (Lipinski definition) is 1. The van der Waals surface area contributed by atoms with E-state index in [2.05, 4.69) is 34.1 Å². The molecule has 0 fully saturated rings. The molecule has 1 heterocycles. The van der Waals surface area contributed by atoms with Gasteiger partial charge in [0.05, 0.1) is 12.7 Å². The third-order valence-electron chi connectivity index (χ3n) is 3.54. The standard InChI is InChI=1S/C17H17BrO2S/c18-13-6-8-14(9-7-13)21-11-16(19)15-5-1-3-12-4-2-10-20-17(12)15/h1,3,5-9,16,19H,2,4,10-11H2. The zero-order valence-corrected chi connectivity index (χ0v) is 14.0. The average Bonchev–Trinajstić information content (AvgIpc) is 2.53. The molecular weight excluding hydrogens is 348 g/mol. The summed E-state index contributed by atoms with van der Waals surface area (Å²) in [4.78, 5) is 1.16. The molecule has 0 bridgehead atoms. The van der Waals surface area contributed by atoms with E-state index in [-0.39, 0.29) is 0 Å². The smallest absolute Gasteiger partial charge is 0.128 e. The average molecular weight is 365 g/mol. The van der Waals surface area contributed by atoms with Gasteiger partial charge in [0.25, 0.3) is 0 Å². The number of rotatable bonds is 4. The second-order valence-corrected chi connectivity index (χ2v) is 7.08. The number of halogens is 1. The molecule has 21 heavy (non-hydrogen) atoms. The van der Waals surface area contributed by atoms with E-state index < -0.39 is 6.10 Å². The molecule has 0 amide bonds. The molecular formula is C17H17BrO2S. The lowest BCUT2D eigenvalue weighted by atomic mass is 10.00. The predicted octanol–water partition coefficient (Wildman–Crippen LogP) is 4.60. The lowest BCUT2D eigenvalue weighted by Crippen LogP contribution is -2.13. The van der Waals surface area contributed by atoms with Crippen LogP contribution in [0.2, 0.25) is 0 Å². The van der Waals surface area contributed by atoms with Gasteiger partial charge in [-0.3, -0.25) is 0 Å². The zero-order chi connectivity index (χ0) is 14.7. The first-order valence-electron chi connectivity index (χ1n) is 7.05. The van der Waals surface area contributed by atoms with Gasteiger partial charge >= 0.3 is 0 Å². The number of aliphatic hydroxyl groups is 1. The summed E-state index contributed by atoms with van der Waals surface area (Å²) in [6.45, 7) is 0.747. The molecule has 1 atom stereocenters. The molecule has 1 unspecified atom stereocenters. The van der Waals surface area contributed by atoms with Crippen molar-refractivity contribution in [2.45, 2.75) is 23.8 Å². The van der Waals surface area contributed by atoms with Gasteiger partial charge in [0.15, 0.2) is 0 Å². The fraction of sp³-hybridized carbons (Fsp3) is 0.294. The summed E-state index contributed by atoms with van der Waals surface area (Å²) in [5, 5.41) is 10.5. The third-order valence-corrected chi connectivity index (χ3v) is 5.16. The Hall–Kier alpha value is -0.970. The molecule has 0 radical (unpaired) electrons. The van der Waals surface area contributed by atoms with Crippen molar-refractivity contribution >= 4 is 27.7 Å². The Labute approximate surface area is 137 Å². The Kier molecular flexibility index (Phi) is 4.88. The molecule has 0 saturated carbocycles. The van der Waals surface area contributed by atoms with E-state index in [1.165, 1.54) is 5.56 Å². The number of thioether (sulfide) groups is 1. The van der Waals surface area contributed by atoms with E-state index in [1.54, 1.807) is 11.8 Å². The summed E-state index contributed by atoms with van der Waals surface area (Å²) in [5.41, 5.74) is 2.13. The van der Waals surface area contributed by atoms with Crippen molar-refractivity contribution in [2.24, 2.45) is 0 Å². The molecule has 0 spiro atoms. The number of para-hydroxylation sites is 1. The van der Waals surface area contributed by atoms with Gasteiger partial charge in [0.1, 0.15) is 5.75 Å². The van der Waals surface area contributed by atoms with Gasteiger partial charge < -0.3 is 9.84 Å². The molecule has 2 aromatic carbocycles. The summed E-state index contributed by atoms with van der Waals surface area (Å²) in [7, 11) is 0. The summed E-state index contributed by atoms with van der Waals surface area (Å²) in [5.74, 6) is 1.52. The van der Waals surface area contributed by atoms with Crippen molar-refractivity contribution in [3.8, 4) is 5.75 Å². The van der Waals surface area contributed by atoms with E-state index in [0.29, 0.717) is 5.75 Å². The minimum atomic E-state index is -0.508. The Morgan fingerprint density at radius 3 is 2.81 bits per heavy atom. The van der Waals surface area contributed by atoms with Crippen LogP contribution in [0.4, 0.5) is 0 Å². The van der Waals surface area contributed by atoms with Crippen LogP contribution in [0.5, 0.6) is 5.75 Å². The predicted molar refractivity (Wildman–Crippen MR) is 90.1 cm³/mol. The maximum atomic E-state index is 10.5. The Morgan fingerprint density at radius 1 is 1.19 bits per heavy atom. The fourth-order valence-electron chi connectivity index (χ4n) is 2.47. The second-order valence-electron chi connectivity index (χ2n) is 5.07. The molecule has 2 aromatic rings. The van der Waals surface area contributed by atoms with Gasteiger partial charge in [-0.15, -0.1) is 11.8 Å². The molecule has 0 aromatic heterocycles. The van der Waals surface area contributed by atoms with Crippen LogP contribution in [0, 0.1) is 0 Å². The maximum Gasteiger partial charge on any atom is 0.128 e. The third kappa shape index (κ3) is 3.62. The molecule has 0 aliphatic carbocycles. The molecule has 0 saturated heterocycles. The largest absolute Gasteiger partial charge is 0.493 e. The topological polar surface area (TPSA) is 29.5 Å². The van der Waals surface area contributed by atoms with Crippen molar-refractivity contribution in [1.82, 2.24) is 0 Å². The summed E-state index contributed by atoms with van der Waals surface area (Å²) >= 11 is 5.08. The Bertz CT molecular complexity index is 613. The van der Waals surface area contributed by atoms with E-state index in [4.69, 9.17) is 4.74 Å². The van der Waals surface area contributed by atoms with Crippen molar-refractivity contribution in [3.05, 3.63) is 58.1 Å². The zero-order valence-electron chi connectivity index (χ0n) is 11.6.